The van der Waals surface area contributed by atoms with E-state index in [1.54, 1.807) is 5.57 Å². The molecule has 0 saturated carbocycles. The van der Waals surface area contributed by atoms with Gasteiger partial charge in [-0.2, -0.15) is 0 Å². The summed E-state index contributed by atoms with van der Waals surface area (Å²) in [5.41, 5.74) is 5.64. The topological polar surface area (TPSA) is 25.3 Å². The molecule has 0 atom stereocenters. The fraction of sp³-hybridized carbons (Fsp3) is 0.750. The van der Waals surface area contributed by atoms with Crippen LogP contribution in [0.1, 0.15) is 47.0 Å². The van der Waals surface area contributed by atoms with Crippen molar-refractivity contribution < 1.29 is 0 Å². The van der Waals surface area contributed by atoms with Crippen LogP contribution in [0.25, 0.3) is 0 Å². The molecule has 3 aliphatic heterocycles. The predicted octanol–water partition coefficient (Wildman–Crippen LogP) is 3.91. The summed E-state index contributed by atoms with van der Waals surface area (Å²) in [6.07, 6.45) is 10.2. The molecule has 0 aromatic heterocycles. The second-order valence-corrected chi connectivity index (χ2v) is 11.3. The van der Waals surface area contributed by atoms with Gasteiger partial charge in [-0.05, 0) is 61.4 Å². The van der Waals surface area contributed by atoms with Gasteiger partial charge in [0.2, 0.25) is 0 Å². The van der Waals surface area contributed by atoms with Crippen molar-refractivity contribution in [1.29, 1.82) is 0 Å². The number of piperidine rings is 1. The number of rotatable bonds is 11. The Labute approximate surface area is 202 Å². The second kappa shape index (κ2) is 11.9. The van der Waals surface area contributed by atoms with Gasteiger partial charge in [0.15, 0.2) is 0 Å². The van der Waals surface area contributed by atoms with Crippen LogP contribution in [0, 0.1) is 11.8 Å². The summed E-state index contributed by atoms with van der Waals surface area (Å²) in [7, 11) is 0. The molecule has 4 aliphatic rings. The number of piperazine rings is 1. The maximum Gasteiger partial charge on any atom is 0.0672 e. The zero-order valence-corrected chi connectivity index (χ0v) is 21.7. The van der Waals surface area contributed by atoms with Crippen molar-refractivity contribution in [3.05, 3.63) is 35.1 Å². The lowest BCUT2D eigenvalue weighted by Gasteiger charge is -2.37. The van der Waals surface area contributed by atoms with Crippen LogP contribution in [0.5, 0.6) is 0 Å². The van der Waals surface area contributed by atoms with Gasteiger partial charge in [0, 0.05) is 65.4 Å². The molecule has 2 fully saturated rings. The first-order valence-corrected chi connectivity index (χ1v) is 13.5. The highest BCUT2D eigenvalue weighted by Gasteiger charge is 2.29. The first kappa shape index (κ1) is 24.8. The van der Waals surface area contributed by atoms with Gasteiger partial charge >= 0.3 is 0 Å². The lowest BCUT2D eigenvalue weighted by Crippen LogP contribution is -2.49. The van der Waals surface area contributed by atoms with E-state index in [0.717, 1.165) is 24.8 Å². The van der Waals surface area contributed by atoms with Crippen LogP contribution in [-0.4, -0.2) is 104 Å². The first-order chi connectivity index (χ1) is 16.0. The van der Waals surface area contributed by atoms with Crippen molar-refractivity contribution in [2.45, 2.75) is 47.0 Å². The van der Waals surface area contributed by atoms with Gasteiger partial charge in [-0.3, -0.25) is 14.8 Å². The summed E-state index contributed by atoms with van der Waals surface area (Å²) in [4.78, 5) is 15.6. The number of hydrogen-bond donors (Lipinski definition) is 0. The highest BCUT2D eigenvalue weighted by atomic mass is 15.3. The van der Waals surface area contributed by atoms with Crippen molar-refractivity contribution in [1.82, 2.24) is 19.6 Å². The molecule has 0 N–H and O–H groups in total. The lowest BCUT2D eigenvalue weighted by molar-refractivity contribution is 0.109. The summed E-state index contributed by atoms with van der Waals surface area (Å²) < 4.78 is 0. The van der Waals surface area contributed by atoms with E-state index in [9.17, 15) is 0 Å². The molecule has 0 radical (unpaired) electrons. The molecule has 184 valence electrons. The Hall–Kier alpha value is -1.27. The molecule has 5 nitrogen and oxygen atoms in total. The molecule has 0 amide bonds. The third-order valence-corrected chi connectivity index (χ3v) is 7.43. The van der Waals surface area contributed by atoms with Gasteiger partial charge in [-0.15, -0.1) is 0 Å². The quantitative estimate of drug-likeness (QED) is 0.474. The number of nitrogens with zero attached hydrogens (tertiary/aromatic N) is 5. The maximum absolute atomic E-state index is 4.94. The minimum Gasteiger partial charge on any atom is -0.302 e. The number of hydrogen-bond acceptors (Lipinski definition) is 5. The third-order valence-electron chi connectivity index (χ3n) is 7.43. The molecule has 0 unspecified atom stereocenters. The summed E-state index contributed by atoms with van der Waals surface area (Å²) in [5.74, 6) is 1.51. The van der Waals surface area contributed by atoms with E-state index >= 15 is 0 Å². The molecule has 0 aromatic carbocycles. The van der Waals surface area contributed by atoms with E-state index in [4.69, 9.17) is 4.99 Å². The molecule has 3 heterocycles. The van der Waals surface area contributed by atoms with Crippen LogP contribution in [0.4, 0.5) is 0 Å². The normalized spacial score (nSPS) is 22.4. The van der Waals surface area contributed by atoms with E-state index in [0.29, 0.717) is 0 Å². The molecule has 0 bridgehead atoms. The molecular weight excluding hydrogens is 406 g/mol. The predicted molar refractivity (Wildman–Crippen MR) is 141 cm³/mol. The van der Waals surface area contributed by atoms with Crippen LogP contribution in [0.2, 0.25) is 0 Å². The van der Waals surface area contributed by atoms with E-state index < -0.39 is 0 Å². The van der Waals surface area contributed by atoms with Crippen molar-refractivity contribution >= 4 is 5.71 Å². The van der Waals surface area contributed by atoms with Crippen molar-refractivity contribution in [3.63, 3.8) is 0 Å². The van der Waals surface area contributed by atoms with E-state index in [1.165, 1.54) is 102 Å². The van der Waals surface area contributed by atoms with Crippen molar-refractivity contribution in [2.24, 2.45) is 16.8 Å². The molecule has 33 heavy (non-hydrogen) atoms. The third kappa shape index (κ3) is 7.11. The monoisotopic (exact) mass is 453 g/mol. The maximum atomic E-state index is 4.94. The largest absolute Gasteiger partial charge is 0.302 e. The van der Waals surface area contributed by atoms with E-state index in [1.807, 2.05) is 0 Å². The highest BCUT2D eigenvalue weighted by molar-refractivity contribution is 6.07. The second-order valence-electron chi connectivity index (χ2n) is 11.3. The Kier molecular flexibility index (Phi) is 8.98. The van der Waals surface area contributed by atoms with Gasteiger partial charge < -0.3 is 9.80 Å². The van der Waals surface area contributed by atoms with Gasteiger partial charge in [-0.1, -0.05) is 39.8 Å². The number of allylic oxidation sites excluding steroid dienone is 4. The van der Waals surface area contributed by atoms with Crippen molar-refractivity contribution in [2.75, 3.05) is 78.5 Å². The number of aliphatic imine (C=N–C) groups is 1. The van der Waals surface area contributed by atoms with E-state index in [-0.39, 0.29) is 0 Å². The average Bonchev–Trinajstić information content (AvgIpc) is 3.15. The van der Waals surface area contributed by atoms with Crippen LogP contribution >= 0.6 is 0 Å². The highest BCUT2D eigenvalue weighted by Crippen LogP contribution is 2.34. The lowest BCUT2D eigenvalue weighted by atomic mass is 9.94. The van der Waals surface area contributed by atoms with Crippen molar-refractivity contribution in [3.8, 4) is 0 Å². The number of fused-ring (bicyclic) bond motifs is 2. The molecule has 1 aliphatic carbocycles. The van der Waals surface area contributed by atoms with E-state index in [2.05, 4.69) is 65.5 Å². The smallest absolute Gasteiger partial charge is 0.0672 e. The first-order valence-electron chi connectivity index (χ1n) is 13.5. The summed E-state index contributed by atoms with van der Waals surface area (Å²) >= 11 is 0. The average molecular weight is 454 g/mol. The van der Waals surface area contributed by atoms with Gasteiger partial charge in [-0.25, -0.2) is 0 Å². The van der Waals surface area contributed by atoms with Crippen LogP contribution < -0.4 is 0 Å². The zero-order chi connectivity index (χ0) is 23.2. The Balaban J connectivity index is 1.12. The minimum atomic E-state index is 0.753. The molecule has 5 heteroatoms. The molecular formula is C28H47N5. The fourth-order valence-electron chi connectivity index (χ4n) is 5.82. The number of likely N-dealkylation sites (tertiary alicyclic amines) is 1. The Morgan fingerprint density at radius 3 is 2.21 bits per heavy atom. The van der Waals surface area contributed by atoms with Crippen LogP contribution in [0.15, 0.2) is 40.1 Å². The summed E-state index contributed by atoms with van der Waals surface area (Å²) in [6, 6.07) is 0. The van der Waals surface area contributed by atoms with Gasteiger partial charge in [0.25, 0.3) is 0 Å². The SMILES string of the molecule is CC(C)CN(CCN1CCN(CCCN2CCC3=C4CC=CC=C4N=C3C2)CC1)CC(C)C. The zero-order valence-electron chi connectivity index (χ0n) is 21.7. The van der Waals surface area contributed by atoms with Crippen LogP contribution in [-0.2, 0) is 0 Å². The summed E-state index contributed by atoms with van der Waals surface area (Å²) in [6.45, 7) is 23.9. The Bertz CT molecular complexity index is 757. The van der Waals surface area contributed by atoms with Gasteiger partial charge in [0.1, 0.15) is 0 Å². The van der Waals surface area contributed by atoms with Gasteiger partial charge in [0.05, 0.1) is 11.4 Å². The Morgan fingerprint density at radius 1 is 0.848 bits per heavy atom. The van der Waals surface area contributed by atoms with Crippen LogP contribution in [0.3, 0.4) is 0 Å². The molecule has 2 saturated heterocycles. The molecule has 0 aromatic rings. The Morgan fingerprint density at radius 2 is 1.52 bits per heavy atom. The minimum absolute atomic E-state index is 0.753. The molecule has 4 rings (SSSR count). The fourth-order valence-corrected chi connectivity index (χ4v) is 5.82. The molecule has 0 spiro atoms. The standard InChI is InChI=1S/C28H47N5/c1-23(2)20-33(21-24(3)4)19-18-31-16-14-30(15-17-31)11-7-12-32-13-10-26-25-8-5-6-9-27(25)29-28(26)22-32/h5-6,9,23-24H,7-8,10-22H2,1-4H3. The summed E-state index contributed by atoms with van der Waals surface area (Å²) in [5, 5.41) is 0.